The van der Waals surface area contributed by atoms with Crippen molar-refractivity contribution in [3.8, 4) is 0 Å². The Morgan fingerprint density at radius 3 is 2.72 bits per heavy atom. The number of hydrogen-bond acceptors (Lipinski definition) is 2. The molecule has 1 aromatic heterocycles. The Morgan fingerprint density at radius 2 is 1.94 bits per heavy atom. The molecule has 0 unspecified atom stereocenters. The van der Waals surface area contributed by atoms with Gasteiger partial charge in [0.1, 0.15) is 5.78 Å². The number of para-hydroxylation sites is 1. The van der Waals surface area contributed by atoms with Gasteiger partial charge in [0.05, 0.1) is 5.69 Å². The summed E-state index contributed by atoms with van der Waals surface area (Å²) in [6.07, 6.45) is 5.50. The molecule has 0 bridgehead atoms. The number of carbonyl (C=O) groups excluding carboxylic acids is 1. The largest absolute Gasteiger partial charge is 0.370 e. The molecule has 3 rings (SSSR count). The molecule has 1 aliphatic carbocycles. The van der Waals surface area contributed by atoms with E-state index >= 15 is 0 Å². The number of fused-ring (bicyclic) bond motifs is 1. The molecular weight excluding hydrogens is 224 g/mol. The summed E-state index contributed by atoms with van der Waals surface area (Å²) >= 11 is 0. The van der Waals surface area contributed by atoms with Gasteiger partial charge in [0, 0.05) is 43.0 Å². The summed E-state index contributed by atoms with van der Waals surface area (Å²) in [6.45, 7) is 0. The number of carbonyl (C=O) groups is 1. The van der Waals surface area contributed by atoms with Crippen LogP contribution in [-0.4, -0.2) is 23.9 Å². The van der Waals surface area contributed by atoms with E-state index in [-0.39, 0.29) is 0 Å². The molecule has 1 heterocycles. The van der Waals surface area contributed by atoms with Gasteiger partial charge in [0.2, 0.25) is 0 Å². The predicted octanol–water partition coefficient (Wildman–Crippen LogP) is 3.12. The Balaban J connectivity index is 1.87. The molecule has 0 spiro atoms. The number of rotatable bonds is 2. The van der Waals surface area contributed by atoms with Crippen molar-refractivity contribution in [1.29, 1.82) is 0 Å². The van der Waals surface area contributed by atoms with Crippen molar-refractivity contribution in [3.63, 3.8) is 0 Å². The first-order chi connectivity index (χ1) is 8.75. The maximum absolute atomic E-state index is 11.3. The van der Waals surface area contributed by atoms with E-state index in [1.165, 1.54) is 16.6 Å². The Hall–Kier alpha value is -1.77. The Morgan fingerprint density at radius 1 is 1.22 bits per heavy atom. The first kappa shape index (κ1) is 11.3. The lowest BCUT2D eigenvalue weighted by Crippen LogP contribution is -2.35. The number of hydrogen-bond donors (Lipinski definition) is 1. The van der Waals surface area contributed by atoms with Crippen molar-refractivity contribution in [1.82, 2.24) is 4.98 Å². The van der Waals surface area contributed by atoms with E-state index in [1.807, 2.05) is 6.07 Å². The van der Waals surface area contributed by atoms with Crippen molar-refractivity contribution < 1.29 is 4.79 Å². The number of Topliss-reactive ketones (excluding diaryl/α,β-unsaturated/α-hetero) is 1. The molecule has 3 nitrogen and oxygen atoms in total. The summed E-state index contributed by atoms with van der Waals surface area (Å²) < 4.78 is 0. The van der Waals surface area contributed by atoms with Gasteiger partial charge in [-0.05, 0) is 18.9 Å². The number of anilines is 1. The maximum Gasteiger partial charge on any atom is 0.133 e. The summed E-state index contributed by atoms with van der Waals surface area (Å²) in [5.74, 6) is 0.415. The van der Waals surface area contributed by atoms with E-state index in [9.17, 15) is 4.79 Å². The Labute approximate surface area is 107 Å². The van der Waals surface area contributed by atoms with E-state index in [0.29, 0.717) is 11.8 Å². The third kappa shape index (κ3) is 1.90. The van der Waals surface area contributed by atoms with E-state index in [1.54, 1.807) is 0 Å². The summed E-state index contributed by atoms with van der Waals surface area (Å²) in [4.78, 5) is 16.9. The van der Waals surface area contributed by atoms with Gasteiger partial charge in [-0.3, -0.25) is 4.79 Å². The lowest BCUT2D eigenvalue weighted by Gasteiger charge is -2.32. The maximum atomic E-state index is 11.3. The number of H-pyrrole nitrogens is 1. The minimum atomic E-state index is 0.415. The third-order valence-corrected chi connectivity index (χ3v) is 4.01. The minimum Gasteiger partial charge on any atom is -0.370 e. The van der Waals surface area contributed by atoms with Gasteiger partial charge >= 0.3 is 0 Å². The minimum absolute atomic E-state index is 0.415. The molecule has 0 aliphatic heterocycles. The van der Waals surface area contributed by atoms with Crippen LogP contribution >= 0.6 is 0 Å². The first-order valence-corrected chi connectivity index (χ1v) is 6.56. The van der Waals surface area contributed by atoms with Crippen molar-refractivity contribution in [3.05, 3.63) is 30.5 Å². The molecule has 0 saturated heterocycles. The molecule has 0 atom stereocenters. The Kier molecular flexibility index (Phi) is 2.82. The van der Waals surface area contributed by atoms with Crippen LogP contribution in [0.5, 0.6) is 0 Å². The fourth-order valence-corrected chi connectivity index (χ4v) is 2.86. The normalized spacial score (nSPS) is 17.3. The van der Waals surface area contributed by atoms with Gasteiger partial charge in [0.15, 0.2) is 0 Å². The molecule has 1 N–H and O–H groups in total. The average molecular weight is 242 g/mol. The Bertz CT molecular complexity index is 563. The van der Waals surface area contributed by atoms with E-state index in [4.69, 9.17) is 0 Å². The molecule has 0 radical (unpaired) electrons. The number of benzene rings is 1. The third-order valence-electron chi connectivity index (χ3n) is 4.01. The fourth-order valence-electron chi connectivity index (χ4n) is 2.86. The summed E-state index contributed by atoms with van der Waals surface area (Å²) in [5.41, 5.74) is 2.41. The molecule has 1 aromatic carbocycles. The van der Waals surface area contributed by atoms with Crippen LogP contribution in [0.3, 0.4) is 0 Å². The number of ketones is 1. The van der Waals surface area contributed by atoms with Gasteiger partial charge < -0.3 is 9.88 Å². The van der Waals surface area contributed by atoms with Crippen molar-refractivity contribution in [2.75, 3.05) is 11.9 Å². The quantitative estimate of drug-likeness (QED) is 0.878. The van der Waals surface area contributed by atoms with Crippen LogP contribution in [0.1, 0.15) is 25.7 Å². The van der Waals surface area contributed by atoms with Gasteiger partial charge in [-0.1, -0.05) is 18.2 Å². The number of aromatic amines is 1. The summed E-state index contributed by atoms with van der Waals surface area (Å²) in [5, 5.41) is 1.26. The number of aromatic nitrogens is 1. The van der Waals surface area contributed by atoms with Crippen LogP contribution in [0.25, 0.3) is 10.9 Å². The summed E-state index contributed by atoms with van der Waals surface area (Å²) in [6, 6.07) is 8.84. The molecule has 1 aliphatic rings. The monoisotopic (exact) mass is 242 g/mol. The standard InChI is InChI=1S/C15H18N2O/c1-17(11-6-8-12(18)9-7-11)15-10-16-14-5-3-2-4-13(14)15/h2-5,10-11,16H,6-9H2,1H3. The number of nitrogens with one attached hydrogen (secondary N) is 1. The van der Waals surface area contributed by atoms with Crippen LogP contribution < -0.4 is 4.90 Å². The van der Waals surface area contributed by atoms with E-state index < -0.39 is 0 Å². The molecule has 2 aromatic rings. The average Bonchev–Trinajstić information content (AvgIpc) is 2.82. The van der Waals surface area contributed by atoms with Crippen LogP contribution in [0, 0.1) is 0 Å². The fraction of sp³-hybridized carbons (Fsp3) is 0.400. The topological polar surface area (TPSA) is 36.1 Å². The molecule has 1 fully saturated rings. The highest BCUT2D eigenvalue weighted by Crippen LogP contribution is 2.30. The summed E-state index contributed by atoms with van der Waals surface area (Å²) in [7, 11) is 2.13. The lowest BCUT2D eigenvalue weighted by atomic mass is 9.93. The molecule has 1 saturated carbocycles. The zero-order valence-electron chi connectivity index (χ0n) is 10.6. The van der Waals surface area contributed by atoms with Crippen LogP contribution in [0.4, 0.5) is 5.69 Å². The van der Waals surface area contributed by atoms with Gasteiger partial charge in [-0.2, -0.15) is 0 Å². The number of nitrogens with zero attached hydrogens (tertiary/aromatic N) is 1. The second-order valence-corrected chi connectivity index (χ2v) is 5.10. The second-order valence-electron chi connectivity index (χ2n) is 5.10. The van der Waals surface area contributed by atoms with Gasteiger partial charge in [-0.15, -0.1) is 0 Å². The SMILES string of the molecule is CN(c1c[nH]c2ccccc12)C1CCC(=O)CC1. The first-order valence-electron chi connectivity index (χ1n) is 6.56. The van der Waals surface area contributed by atoms with Crippen LogP contribution in [0.2, 0.25) is 0 Å². The van der Waals surface area contributed by atoms with Crippen molar-refractivity contribution >= 4 is 22.4 Å². The highest BCUT2D eigenvalue weighted by atomic mass is 16.1. The van der Waals surface area contributed by atoms with Crippen molar-refractivity contribution in [2.24, 2.45) is 0 Å². The highest BCUT2D eigenvalue weighted by molar-refractivity contribution is 5.93. The van der Waals surface area contributed by atoms with Crippen molar-refractivity contribution in [2.45, 2.75) is 31.7 Å². The highest BCUT2D eigenvalue weighted by Gasteiger charge is 2.23. The zero-order valence-corrected chi connectivity index (χ0v) is 10.6. The second kappa shape index (κ2) is 4.48. The van der Waals surface area contributed by atoms with Crippen LogP contribution in [-0.2, 0) is 4.79 Å². The zero-order chi connectivity index (χ0) is 12.5. The van der Waals surface area contributed by atoms with Gasteiger partial charge in [-0.25, -0.2) is 0 Å². The molecule has 94 valence electrons. The predicted molar refractivity (Wildman–Crippen MR) is 74.0 cm³/mol. The smallest absolute Gasteiger partial charge is 0.133 e. The lowest BCUT2D eigenvalue weighted by molar-refractivity contribution is -0.120. The van der Waals surface area contributed by atoms with E-state index in [0.717, 1.165) is 25.7 Å². The molecule has 18 heavy (non-hydrogen) atoms. The molecule has 0 amide bonds. The molecular formula is C15H18N2O. The van der Waals surface area contributed by atoms with Crippen LogP contribution in [0.15, 0.2) is 30.5 Å². The molecule has 3 heteroatoms. The van der Waals surface area contributed by atoms with Gasteiger partial charge in [0.25, 0.3) is 0 Å². The van der Waals surface area contributed by atoms with E-state index in [2.05, 4.69) is 41.3 Å².